The number of carbonyl (C=O) groups is 3. The van der Waals surface area contributed by atoms with Gasteiger partial charge in [-0.1, -0.05) is 33.6 Å². The van der Waals surface area contributed by atoms with Gasteiger partial charge < -0.3 is 25.8 Å². The SMILES string of the molecule is CC(C)C1CCC(OCCCC(=O)O)CC1NC(=O)CC1CCC(NC(=O)NC2CCCCC2C)CC1. The lowest BCUT2D eigenvalue weighted by Crippen LogP contribution is -2.50. The van der Waals surface area contributed by atoms with Crippen LogP contribution in [0.1, 0.15) is 111 Å². The van der Waals surface area contributed by atoms with Crippen molar-refractivity contribution in [2.75, 3.05) is 6.61 Å². The van der Waals surface area contributed by atoms with Crippen molar-refractivity contribution in [3.05, 3.63) is 0 Å². The molecule has 0 heterocycles. The third-order valence-electron chi connectivity index (χ3n) is 9.03. The molecule has 3 aliphatic carbocycles. The first-order valence-electron chi connectivity index (χ1n) is 14.9. The molecule has 4 N–H and O–H groups in total. The van der Waals surface area contributed by atoms with Gasteiger partial charge in [0, 0.05) is 37.6 Å². The molecule has 0 bridgehead atoms. The second-order valence-corrected chi connectivity index (χ2v) is 12.3. The van der Waals surface area contributed by atoms with Gasteiger partial charge in [-0.3, -0.25) is 9.59 Å². The van der Waals surface area contributed by atoms with E-state index in [9.17, 15) is 14.4 Å². The Labute approximate surface area is 223 Å². The maximum absolute atomic E-state index is 13.0. The summed E-state index contributed by atoms with van der Waals surface area (Å²) in [6.07, 6.45) is 12.6. The Bertz CT molecular complexity index is 737. The Morgan fingerprint density at radius 3 is 2.30 bits per heavy atom. The Hall–Kier alpha value is -1.83. The lowest BCUT2D eigenvalue weighted by molar-refractivity contribution is -0.137. The smallest absolute Gasteiger partial charge is 0.315 e. The first kappa shape index (κ1) is 29.7. The highest BCUT2D eigenvalue weighted by atomic mass is 16.5. The molecule has 37 heavy (non-hydrogen) atoms. The van der Waals surface area contributed by atoms with Crippen LogP contribution >= 0.6 is 0 Å². The summed E-state index contributed by atoms with van der Waals surface area (Å²) < 4.78 is 5.97. The van der Waals surface area contributed by atoms with Gasteiger partial charge in [0.2, 0.25) is 5.91 Å². The van der Waals surface area contributed by atoms with Crippen LogP contribution in [0.25, 0.3) is 0 Å². The van der Waals surface area contributed by atoms with Gasteiger partial charge in [-0.2, -0.15) is 0 Å². The third kappa shape index (κ3) is 10.1. The van der Waals surface area contributed by atoms with Crippen LogP contribution in [0.5, 0.6) is 0 Å². The molecule has 5 unspecified atom stereocenters. The van der Waals surface area contributed by atoms with Crippen molar-refractivity contribution in [1.29, 1.82) is 0 Å². The summed E-state index contributed by atoms with van der Waals surface area (Å²) in [4.78, 5) is 36.2. The minimum absolute atomic E-state index is 0.0308. The molecule has 8 nitrogen and oxygen atoms in total. The minimum atomic E-state index is -0.792. The molecule has 0 radical (unpaired) electrons. The highest BCUT2D eigenvalue weighted by Gasteiger charge is 2.34. The van der Waals surface area contributed by atoms with E-state index in [1.54, 1.807) is 0 Å². The maximum Gasteiger partial charge on any atom is 0.315 e. The summed E-state index contributed by atoms with van der Waals surface area (Å²) in [6.45, 7) is 7.13. The van der Waals surface area contributed by atoms with Crippen LogP contribution in [-0.2, 0) is 14.3 Å². The fourth-order valence-electron chi connectivity index (χ4n) is 6.71. The van der Waals surface area contributed by atoms with E-state index in [1.165, 1.54) is 19.3 Å². The number of carboxylic acid groups (broad SMARTS) is 1. The van der Waals surface area contributed by atoms with E-state index >= 15 is 0 Å². The van der Waals surface area contributed by atoms with Gasteiger partial charge >= 0.3 is 12.0 Å². The van der Waals surface area contributed by atoms with Crippen LogP contribution in [0.15, 0.2) is 0 Å². The Balaban J connectivity index is 1.37. The van der Waals surface area contributed by atoms with E-state index in [2.05, 4.69) is 36.7 Å². The minimum Gasteiger partial charge on any atom is -0.481 e. The molecule has 0 aromatic rings. The quantitative estimate of drug-likeness (QED) is 0.285. The molecule has 212 valence electrons. The molecule has 0 spiro atoms. The van der Waals surface area contributed by atoms with E-state index in [0.29, 0.717) is 43.1 Å². The van der Waals surface area contributed by atoms with E-state index in [0.717, 1.165) is 51.4 Å². The topological polar surface area (TPSA) is 117 Å². The van der Waals surface area contributed by atoms with Crippen molar-refractivity contribution < 1.29 is 24.2 Å². The second-order valence-electron chi connectivity index (χ2n) is 12.3. The Kier molecular flexibility index (Phi) is 12.0. The fraction of sp³-hybridized carbons (Fsp3) is 0.897. The molecule has 5 atom stereocenters. The third-order valence-corrected chi connectivity index (χ3v) is 9.03. The van der Waals surface area contributed by atoms with E-state index in [-0.39, 0.29) is 42.6 Å². The highest BCUT2D eigenvalue weighted by Crippen LogP contribution is 2.33. The summed E-state index contributed by atoms with van der Waals surface area (Å²) in [6, 6.07) is 0.560. The first-order valence-corrected chi connectivity index (χ1v) is 14.9. The van der Waals surface area contributed by atoms with Crippen molar-refractivity contribution in [3.8, 4) is 0 Å². The molecule has 3 fully saturated rings. The Morgan fingerprint density at radius 1 is 0.892 bits per heavy atom. The molecule has 0 aliphatic heterocycles. The van der Waals surface area contributed by atoms with Gasteiger partial charge in [0.1, 0.15) is 0 Å². The van der Waals surface area contributed by atoms with Crippen LogP contribution in [0.4, 0.5) is 4.79 Å². The number of amides is 3. The van der Waals surface area contributed by atoms with Gasteiger partial charge in [-0.15, -0.1) is 0 Å². The average molecular weight is 522 g/mol. The van der Waals surface area contributed by atoms with Crippen LogP contribution in [0.2, 0.25) is 0 Å². The largest absolute Gasteiger partial charge is 0.481 e. The van der Waals surface area contributed by atoms with Gasteiger partial charge in [0.25, 0.3) is 0 Å². The standard InChI is InChI=1S/C29H51N3O5/c1-19(2)24-15-14-23(37-16-6-9-28(34)35)18-26(24)31-27(33)17-21-10-12-22(13-11-21)30-29(36)32-25-8-5-4-7-20(25)3/h19-26H,4-18H2,1-3H3,(H,31,33)(H,34,35)(H2,30,32,36). The van der Waals surface area contributed by atoms with E-state index in [1.807, 2.05) is 0 Å². The molecule has 3 aliphatic rings. The van der Waals surface area contributed by atoms with Crippen molar-refractivity contribution >= 4 is 17.9 Å². The molecule has 3 saturated carbocycles. The van der Waals surface area contributed by atoms with Crippen LogP contribution in [0.3, 0.4) is 0 Å². The number of ether oxygens (including phenoxy) is 1. The van der Waals surface area contributed by atoms with Crippen LogP contribution in [-0.4, -0.2) is 53.9 Å². The average Bonchev–Trinajstić information content (AvgIpc) is 2.84. The van der Waals surface area contributed by atoms with Crippen molar-refractivity contribution in [2.45, 2.75) is 135 Å². The highest BCUT2D eigenvalue weighted by molar-refractivity contribution is 5.76. The van der Waals surface area contributed by atoms with Crippen molar-refractivity contribution in [3.63, 3.8) is 0 Å². The molecule has 8 heteroatoms. The molecule has 0 saturated heterocycles. The van der Waals surface area contributed by atoms with Crippen LogP contribution < -0.4 is 16.0 Å². The first-order chi connectivity index (χ1) is 17.7. The lowest BCUT2D eigenvalue weighted by atomic mass is 9.76. The number of hydrogen-bond donors (Lipinski definition) is 4. The number of carbonyl (C=O) groups excluding carboxylic acids is 2. The van der Waals surface area contributed by atoms with Crippen molar-refractivity contribution in [1.82, 2.24) is 16.0 Å². The molecule has 3 rings (SSSR count). The van der Waals surface area contributed by atoms with Gasteiger partial charge in [0.05, 0.1) is 6.10 Å². The summed E-state index contributed by atoms with van der Waals surface area (Å²) >= 11 is 0. The van der Waals surface area contributed by atoms with Gasteiger partial charge in [-0.25, -0.2) is 4.79 Å². The zero-order valence-corrected chi connectivity index (χ0v) is 23.3. The number of nitrogens with one attached hydrogen (secondary N) is 3. The van der Waals surface area contributed by atoms with Gasteiger partial charge in [-0.05, 0) is 87.9 Å². The summed E-state index contributed by atoms with van der Waals surface area (Å²) in [5, 5.41) is 18.5. The van der Waals surface area contributed by atoms with Gasteiger partial charge in [0.15, 0.2) is 0 Å². The predicted molar refractivity (Wildman–Crippen MR) is 144 cm³/mol. The number of carboxylic acids is 1. The summed E-state index contributed by atoms with van der Waals surface area (Å²) in [5.41, 5.74) is 0. The number of hydrogen-bond acceptors (Lipinski definition) is 4. The zero-order valence-electron chi connectivity index (χ0n) is 23.3. The lowest BCUT2D eigenvalue weighted by Gasteiger charge is -2.39. The predicted octanol–water partition coefficient (Wildman–Crippen LogP) is 5.00. The monoisotopic (exact) mass is 521 g/mol. The van der Waals surface area contributed by atoms with Crippen molar-refractivity contribution in [2.24, 2.45) is 23.7 Å². The fourth-order valence-corrected chi connectivity index (χ4v) is 6.71. The molecular formula is C29H51N3O5. The maximum atomic E-state index is 13.0. The molecule has 0 aromatic heterocycles. The normalized spacial score (nSPS) is 32.5. The number of aliphatic carboxylic acids is 1. The summed E-state index contributed by atoms with van der Waals surface area (Å²) in [5.74, 6) is 1.17. The second kappa shape index (κ2) is 14.9. The number of urea groups is 1. The molecule has 0 aromatic carbocycles. The summed E-state index contributed by atoms with van der Waals surface area (Å²) in [7, 11) is 0. The zero-order chi connectivity index (χ0) is 26.8. The molecular weight excluding hydrogens is 470 g/mol. The molecule has 3 amide bonds. The number of rotatable bonds is 11. The van der Waals surface area contributed by atoms with Crippen LogP contribution in [0, 0.1) is 23.7 Å². The van der Waals surface area contributed by atoms with E-state index < -0.39 is 5.97 Å². The Morgan fingerprint density at radius 2 is 1.62 bits per heavy atom. The van der Waals surface area contributed by atoms with E-state index in [4.69, 9.17) is 9.84 Å².